The van der Waals surface area contributed by atoms with Crippen LogP contribution in [0.4, 0.5) is 0 Å². The smallest absolute Gasteiger partial charge is 0.253 e. The first-order valence-electron chi connectivity index (χ1n) is 6.29. The van der Waals surface area contributed by atoms with E-state index < -0.39 is 0 Å². The molecular formula is C15H18N2O. The van der Waals surface area contributed by atoms with Crippen LogP contribution < -0.4 is 5.73 Å². The highest BCUT2D eigenvalue weighted by Gasteiger charge is 2.23. The van der Waals surface area contributed by atoms with Gasteiger partial charge in [0.15, 0.2) is 0 Å². The number of nitrogens with two attached hydrogens (primary N) is 1. The second kappa shape index (κ2) is 5.70. The molecule has 2 rings (SSSR count). The van der Waals surface area contributed by atoms with Crippen LogP contribution in [0.1, 0.15) is 29.3 Å². The molecule has 18 heavy (non-hydrogen) atoms. The summed E-state index contributed by atoms with van der Waals surface area (Å²) >= 11 is 0. The van der Waals surface area contributed by atoms with Crippen molar-refractivity contribution in [2.75, 3.05) is 19.6 Å². The molecule has 0 bridgehead atoms. The number of benzene rings is 1. The molecule has 0 saturated carbocycles. The average Bonchev–Trinajstić information content (AvgIpc) is 2.83. The van der Waals surface area contributed by atoms with Crippen molar-refractivity contribution in [1.29, 1.82) is 0 Å². The molecule has 2 N–H and O–H groups in total. The third-order valence-corrected chi connectivity index (χ3v) is 3.18. The molecule has 1 aliphatic heterocycles. The summed E-state index contributed by atoms with van der Waals surface area (Å²) in [5.74, 6) is 6.48. The van der Waals surface area contributed by atoms with Gasteiger partial charge in [-0.15, -0.1) is 0 Å². The highest BCUT2D eigenvalue weighted by molar-refractivity contribution is 5.94. The molecular weight excluding hydrogens is 224 g/mol. The number of hydrogen-bond donors (Lipinski definition) is 1. The second-order valence-corrected chi connectivity index (χ2v) is 4.73. The Morgan fingerprint density at radius 3 is 2.72 bits per heavy atom. The molecule has 3 nitrogen and oxygen atoms in total. The minimum Gasteiger partial charge on any atom is -0.338 e. The molecule has 1 saturated heterocycles. The van der Waals surface area contributed by atoms with Crippen LogP contribution in [0.15, 0.2) is 24.3 Å². The van der Waals surface area contributed by atoms with Gasteiger partial charge < -0.3 is 10.6 Å². The Morgan fingerprint density at radius 2 is 2.17 bits per heavy atom. The van der Waals surface area contributed by atoms with Gasteiger partial charge in [0.25, 0.3) is 5.91 Å². The summed E-state index contributed by atoms with van der Waals surface area (Å²) < 4.78 is 0. The van der Waals surface area contributed by atoms with Gasteiger partial charge in [-0.2, -0.15) is 0 Å². The molecule has 0 aromatic heterocycles. The molecule has 1 aromatic carbocycles. The van der Waals surface area contributed by atoms with Crippen molar-refractivity contribution in [3.63, 3.8) is 0 Å². The Morgan fingerprint density at radius 1 is 1.44 bits per heavy atom. The zero-order chi connectivity index (χ0) is 13.0. The van der Waals surface area contributed by atoms with Gasteiger partial charge in [-0.05, 0) is 36.6 Å². The Hall–Kier alpha value is -1.79. The highest BCUT2D eigenvalue weighted by Crippen LogP contribution is 2.18. The summed E-state index contributed by atoms with van der Waals surface area (Å²) in [5, 5.41) is 0. The number of rotatable bonds is 1. The topological polar surface area (TPSA) is 46.3 Å². The molecule has 0 spiro atoms. The van der Waals surface area contributed by atoms with Gasteiger partial charge in [0.05, 0.1) is 6.54 Å². The first kappa shape index (κ1) is 12.7. The lowest BCUT2D eigenvalue weighted by molar-refractivity contribution is 0.0788. The first-order valence-corrected chi connectivity index (χ1v) is 6.29. The molecule has 0 radical (unpaired) electrons. The minimum atomic E-state index is 0.123. The molecule has 1 aliphatic rings. The number of likely N-dealkylation sites (tertiary alicyclic amines) is 1. The van der Waals surface area contributed by atoms with Crippen LogP contribution in [-0.2, 0) is 0 Å². The third kappa shape index (κ3) is 2.91. The number of carbonyl (C=O) groups is 1. The van der Waals surface area contributed by atoms with Gasteiger partial charge >= 0.3 is 0 Å². The lowest BCUT2D eigenvalue weighted by atomic mass is 10.1. The summed E-state index contributed by atoms with van der Waals surface area (Å²) in [5.41, 5.74) is 6.95. The van der Waals surface area contributed by atoms with Crippen LogP contribution in [0, 0.1) is 17.8 Å². The highest BCUT2D eigenvalue weighted by atomic mass is 16.2. The number of nitrogens with zero attached hydrogens (tertiary/aromatic N) is 1. The van der Waals surface area contributed by atoms with Gasteiger partial charge in [-0.3, -0.25) is 4.79 Å². The summed E-state index contributed by atoms with van der Waals surface area (Å²) in [6.45, 7) is 4.27. The number of hydrogen-bond acceptors (Lipinski definition) is 2. The molecule has 3 heteroatoms. The lowest BCUT2D eigenvalue weighted by Crippen LogP contribution is -2.28. The number of carbonyl (C=O) groups excluding carboxylic acids is 1. The van der Waals surface area contributed by atoms with E-state index in [0.717, 1.165) is 30.6 Å². The molecule has 1 amide bonds. The van der Waals surface area contributed by atoms with E-state index in [2.05, 4.69) is 18.8 Å². The summed E-state index contributed by atoms with van der Waals surface area (Å²) in [6, 6.07) is 7.42. The summed E-state index contributed by atoms with van der Waals surface area (Å²) in [6.07, 6.45) is 1.10. The van der Waals surface area contributed by atoms with Gasteiger partial charge in [0.2, 0.25) is 0 Å². The van der Waals surface area contributed by atoms with Crippen molar-refractivity contribution in [3.05, 3.63) is 35.4 Å². The molecule has 0 aliphatic carbocycles. The second-order valence-electron chi connectivity index (χ2n) is 4.73. The monoisotopic (exact) mass is 242 g/mol. The maximum atomic E-state index is 12.2. The average molecular weight is 242 g/mol. The SMILES string of the molecule is CC1CCN(C(=O)c2ccc(C#CCN)cc2)C1. The lowest BCUT2D eigenvalue weighted by Gasteiger charge is -2.15. The Balaban J connectivity index is 2.07. The number of amides is 1. The standard InChI is InChI=1S/C15H18N2O/c1-12-8-10-17(11-12)15(18)14-6-4-13(5-7-14)3-2-9-16/h4-7,12H,8-11,16H2,1H3. The zero-order valence-electron chi connectivity index (χ0n) is 10.6. The van der Waals surface area contributed by atoms with Gasteiger partial charge in [-0.25, -0.2) is 0 Å². The molecule has 1 heterocycles. The van der Waals surface area contributed by atoms with Crippen molar-refractivity contribution >= 4 is 5.91 Å². The predicted molar refractivity (Wildman–Crippen MR) is 72.1 cm³/mol. The van der Waals surface area contributed by atoms with E-state index in [-0.39, 0.29) is 5.91 Å². The largest absolute Gasteiger partial charge is 0.338 e. The van der Waals surface area contributed by atoms with Crippen molar-refractivity contribution in [1.82, 2.24) is 4.90 Å². The fraction of sp³-hybridized carbons (Fsp3) is 0.400. The van der Waals surface area contributed by atoms with Crippen LogP contribution in [-0.4, -0.2) is 30.4 Å². The van der Waals surface area contributed by atoms with E-state index in [4.69, 9.17) is 5.73 Å². The maximum absolute atomic E-state index is 12.2. The normalized spacial score (nSPS) is 18.3. The predicted octanol–water partition coefficient (Wildman–Crippen LogP) is 1.48. The minimum absolute atomic E-state index is 0.123. The van der Waals surface area contributed by atoms with E-state index >= 15 is 0 Å². The Kier molecular flexibility index (Phi) is 4.01. The fourth-order valence-electron chi connectivity index (χ4n) is 2.15. The molecule has 1 fully saturated rings. The third-order valence-electron chi connectivity index (χ3n) is 3.18. The van der Waals surface area contributed by atoms with E-state index in [1.165, 1.54) is 0 Å². The zero-order valence-corrected chi connectivity index (χ0v) is 10.6. The summed E-state index contributed by atoms with van der Waals surface area (Å²) in [7, 11) is 0. The quantitative estimate of drug-likeness (QED) is 0.758. The Bertz CT molecular complexity index is 481. The Labute approximate surface area is 108 Å². The van der Waals surface area contributed by atoms with Crippen LogP contribution in [0.3, 0.4) is 0 Å². The van der Waals surface area contributed by atoms with Crippen LogP contribution in [0.2, 0.25) is 0 Å². The van der Waals surface area contributed by atoms with Crippen molar-refractivity contribution < 1.29 is 4.79 Å². The first-order chi connectivity index (χ1) is 8.70. The van der Waals surface area contributed by atoms with Crippen molar-refractivity contribution in [3.8, 4) is 11.8 Å². The van der Waals surface area contributed by atoms with E-state index in [1.807, 2.05) is 29.2 Å². The van der Waals surface area contributed by atoms with Crippen LogP contribution >= 0.6 is 0 Å². The van der Waals surface area contributed by atoms with Crippen LogP contribution in [0.5, 0.6) is 0 Å². The van der Waals surface area contributed by atoms with E-state index in [9.17, 15) is 4.79 Å². The fourth-order valence-corrected chi connectivity index (χ4v) is 2.15. The maximum Gasteiger partial charge on any atom is 0.253 e. The molecule has 1 atom stereocenters. The molecule has 1 aromatic rings. The van der Waals surface area contributed by atoms with E-state index in [1.54, 1.807) is 0 Å². The summed E-state index contributed by atoms with van der Waals surface area (Å²) in [4.78, 5) is 14.1. The molecule has 94 valence electrons. The van der Waals surface area contributed by atoms with Gasteiger partial charge in [0.1, 0.15) is 0 Å². The van der Waals surface area contributed by atoms with Crippen molar-refractivity contribution in [2.24, 2.45) is 11.7 Å². The van der Waals surface area contributed by atoms with Crippen molar-refractivity contribution in [2.45, 2.75) is 13.3 Å². The van der Waals surface area contributed by atoms with Crippen LogP contribution in [0.25, 0.3) is 0 Å². The van der Waals surface area contributed by atoms with E-state index in [0.29, 0.717) is 12.5 Å². The van der Waals surface area contributed by atoms with Gasteiger partial charge in [0, 0.05) is 24.2 Å². The van der Waals surface area contributed by atoms with Gasteiger partial charge in [-0.1, -0.05) is 18.8 Å². The molecule has 1 unspecified atom stereocenters.